The average Bonchev–Trinajstić information content (AvgIpc) is 2.35. The first-order chi connectivity index (χ1) is 8.17. The van der Waals surface area contributed by atoms with Crippen LogP contribution >= 0.6 is 0 Å². The Balaban J connectivity index is 2.75. The molecule has 1 aromatic heterocycles. The summed E-state index contributed by atoms with van der Waals surface area (Å²) in [6.45, 7) is 3.62. The van der Waals surface area contributed by atoms with Crippen molar-refractivity contribution in [3.05, 3.63) is 23.9 Å². The number of pyridine rings is 1. The van der Waals surface area contributed by atoms with Gasteiger partial charge in [-0.1, -0.05) is 25.8 Å². The largest absolute Gasteiger partial charge is 0.384 e. The molecule has 0 saturated heterocycles. The number of aliphatic hydroxyl groups is 1. The molecule has 0 bridgehead atoms. The minimum Gasteiger partial charge on any atom is -0.384 e. The van der Waals surface area contributed by atoms with Gasteiger partial charge in [0.25, 0.3) is 0 Å². The van der Waals surface area contributed by atoms with Crippen molar-refractivity contribution < 1.29 is 9.90 Å². The minimum atomic E-state index is -0.203. The van der Waals surface area contributed by atoms with Crippen LogP contribution in [0.15, 0.2) is 18.2 Å². The monoisotopic (exact) mass is 232 g/mol. The molecular weight excluding hydrogens is 216 g/mol. The molecule has 4 nitrogen and oxygen atoms in total. The normalized spacial score (nSPS) is 11.2. The topological polar surface area (TPSA) is 62.2 Å². The highest BCUT2D eigenvalue weighted by Crippen LogP contribution is 2.08. The molecular formula is C13H16N2O2. The number of anilines is 1. The van der Waals surface area contributed by atoms with Gasteiger partial charge in [0.2, 0.25) is 5.91 Å². The molecule has 0 fully saturated rings. The van der Waals surface area contributed by atoms with Crippen LogP contribution in [0, 0.1) is 17.8 Å². The molecule has 0 radical (unpaired) electrons. The van der Waals surface area contributed by atoms with Gasteiger partial charge in [0.05, 0.1) is 0 Å². The summed E-state index contributed by atoms with van der Waals surface area (Å²) < 4.78 is 0. The highest BCUT2D eigenvalue weighted by molar-refractivity contribution is 5.91. The van der Waals surface area contributed by atoms with Crippen LogP contribution in [0.3, 0.4) is 0 Å². The van der Waals surface area contributed by atoms with Crippen LogP contribution in [0.1, 0.15) is 26.0 Å². The number of carbonyl (C=O) groups is 1. The van der Waals surface area contributed by atoms with Crippen LogP contribution in [0.4, 0.5) is 5.82 Å². The van der Waals surface area contributed by atoms with E-state index in [-0.39, 0.29) is 18.4 Å². The number of aromatic nitrogens is 1. The average molecular weight is 232 g/mol. The molecule has 4 heteroatoms. The second-order valence-corrected chi connectivity index (χ2v) is 3.67. The lowest BCUT2D eigenvalue weighted by Crippen LogP contribution is -2.20. The van der Waals surface area contributed by atoms with Gasteiger partial charge >= 0.3 is 0 Å². The molecule has 0 aromatic carbocycles. The van der Waals surface area contributed by atoms with Crippen molar-refractivity contribution in [2.45, 2.75) is 20.3 Å². The highest BCUT2D eigenvalue weighted by Gasteiger charge is 2.10. The van der Waals surface area contributed by atoms with Gasteiger partial charge in [-0.25, -0.2) is 4.98 Å². The van der Waals surface area contributed by atoms with Gasteiger partial charge in [-0.3, -0.25) is 4.79 Å². The zero-order valence-electron chi connectivity index (χ0n) is 10.0. The molecule has 1 unspecified atom stereocenters. The lowest BCUT2D eigenvalue weighted by molar-refractivity contribution is -0.119. The van der Waals surface area contributed by atoms with Crippen LogP contribution in [0.2, 0.25) is 0 Å². The van der Waals surface area contributed by atoms with Gasteiger partial charge in [0, 0.05) is 5.92 Å². The molecule has 90 valence electrons. The van der Waals surface area contributed by atoms with E-state index in [4.69, 9.17) is 5.11 Å². The summed E-state index contributed by atoms with van der Waals surface area (Å²) in [7, 11) is 0. The van der Waals surface area contributed by atoms with E-state index in [0.717, 1.165) is 6.42 Å². The zero-order chi connectivity index (χ0) is 12.7. The quantitative estimate of drug-likeness (QED) is 0.774. The van der Waals surface area contributed by atoms with Crippen LogP contribution in [0.25, 0.3) is 0 Å². The summed E-state index contributed by atoms with van der Waals surface area (Å²) in [5.41, 5.74) is 0.529. The Hall–Kier alpha value is -1.86. The highest BCUT2D eigenvalue weighted by atomic mass is 16.2. The Morgan fingerprint density at radius 1 is 1.59 bits per heavy atom. The zero-order valence-corrected chi connectivity index (χ0v) is 10.0. The molecule has 0 aliphatic heterocycles. The van der Waals surface area contributed by atoms with E-state index >= 15 is 0 Å². The van der Waals surface area contributed by atoms with Gasteiger partial charge in [-0.15, -0.1) is 0 Å². The van der Waals surface area contributed by atoms with Crippen molar-refractivity contribution in [1.82, 2.24) is 4.98 Å². The Morgan fingerprint density at radius 3 is 3.00 bits per heavy atom. The Bertz CT molecular complexity index is 446. The number of carbonyl (C=O) groups excluding carboxylic acids is 1. The number of nitrogens with zero attached hydrogens (tertiary/aromatic N) is 1. The van der Waals surface area contributed by atoms with Crippen LogP contribution in [0.5, 0.6) is 0 Å². The molecule has 1 amide bonds. The van der Waals surface area contributed by atoms with Gasteiger partial charge in [-0.2, -0.15) is 0 Å². The first-order valence-corrected chi connectivity index (χ1v) is 5.55. The van der Waals surface area contributed by atoms with Gasteiger partial charge in [-0.05, 0) is 24.5 Å². The summed E-state index contributed by atoms with van der Waals surface area (Å²) in [4.78, 5) is 15.8. The molecule has 1 heterocycles. The molecule has 2 N–H and O–H groups in total. The molecule has 0 aliphatic carbocycles. The third-order valence-corrected chi connectivity index (χ3v) is 2.36. The maximum absolute atomic E-state index is 11.6. The van der Waals surface area contributed by atoms with Crippen molar-refractivity contribution in [2.75, 3.05) is 11.9 Å². The number of aliphatic hydroxyl groups excluding tert-OH is 1. The molecule has 1 rings (SSSR count). The minimum absolute atomic E-state index is 0.0380. The molecule has 0 spiro atoms. The van der Waals surface area contributed by atoms with E-state index in [0.29, 0.717) is 11.5 Å². The second-order valence-electron chi connectivity index (χ2n) is 3.67. The fourth-order valence-corrected chi connectivity index (χ4v) is 1.14. The van der Waals surface area contributed by atoms with Crippen LogP contribution in [-0.2, 0) is 4.79 Å². The summed E-state index contributed by atoms with van der Waals surface area (Å²) >= 11 is 0. The molecule has 1 aromatic rings. The third-order valence-electron chi connectivity index (χ3n) is 2.36. The van der Waals surface area contributed by atoms with Crippen molar-refractivity contribution in [3.8, 4) is 11.8 Å². The van der Waals surface area contributed by atoms with E-state index in [9.17, 15) is 4.79 Å². The number of hydrogen-bond donors (Lipinski definition) is 2. The fraction of sp³-hybridized carbons (Fsp3) is 0.385. The van der Waals surface area contributed by atoms with Crippen LogP contribution < -0.4 is 5.32 Å². The number of amides is 1. The molecule has 0 aliphatic rings. The summed E-state index contributed by atoms with van der Waals surface area (Å²) in [5.74, 6) is 5.60. The van der Waals surface area contributed by atoms with Gasteiger partial charge < -0.3 is 10.4 Å². The summed E-state index contributed by atoms with van der Waals surface area (Å²) in [5, 5.41) is 11.3. The number of hydrogen-bond acceptors (Lipinski definition) is 3. The fourth-order valence-electron chi connectivity index (χ4n) is 1.14. The lowest BCUT2D eigenvalue weighted by atomic mass is 10.1. The lowest BCUT2D eigenvalue weighted by Gasteiger charge is -2.09. The SMILES string of the molecule is CCC(C)C(=O)Nc1cccc(C#CCO)n1. The summed E-state index contributed by atoms with van der Waals surface area (Å²) in [6, 6.07) is 5.20. The van der Waals surface area contributed by atoms with E-state index in [2.05, 4.69) is 22.1 Å². The third kappa shape index (κ3) is 4.25. The maximum atomic E-state index is 11.6. The standard InChI is InChI=1S/C13H16N2O2/c1-3-10(2)13(17)15-12-8-4-6-11(14-12)7-5-9-16/h4,6,8,10,16H,3,9H2,1-2H3,(H,14,15,17). The van der Waals surface area contributed by atoms with Crippen molar-refractivity contribution in [2.24, 2.45) is 5.92 Å². The predicted octanol–water partition coefficient (Wildman–Crippen LogP) is 1.41. The van der Waals surface area contributed by atoms with Crippen molar-refractivity contribution in [3.63, 3.8) is 0 Å². The van der Waals surface area contributed by atoms with Gasteiger partial charge in [0.1, 0.15) is 18.1 Å². The summed E-state index contributed by atoms with van der Waals surface area (Å²) in [6.07, 6.45) is 0.788. The second kappa shape index (κ2) is 6.66. The number of nitrogens with one attached hydrogen (secondary N) is 1. The molecule has 1 atom stereocenters. The van der Waals surface area contributed by atoms with E-state index in [1.165, 1.54) is 0 Å². The Morgan fingerprint density at radius 2 is 2.35 bits per heavy atom. The predicted molar refractivity (Wildman–Crippen MR) is 66.3 cm³/mol. The van der Waals surface area contributed by atoms with E-state index in [1.54, 1.807) is 18.2 Å². The smallest absolute Gasteiger partial charge is 0.228 e. The Labute approximate surface area is 101 Å². The van der Waals surface area contributed by atoms with E-state index < -0.39 is 0 Å². The molecule has 0 saturated carbocycles. The van der Waals surface area contributed by atoms with Crippen LogP contribution in [-0.4, -0.2) is 22.6 Å². The maximum Gasteiger partial charge on any atom is 0.228 e. The van der Waals surface area contributed by atoms with Gasteiger partial charge in [0.15, 0.2) is 0 Å². The van der Waals surface area contributed by atoms with E-state index in [1.807, 2.05) is 13.8 Å². The van der Waals surface area contributed by atoms with Crippen molar-refractivity contribution >= 4 is 11.7 Å². The first kappa shape index (κ1) is 13.2. The Kier molecular flexibility index (Phi) is 5.18. The number of rotatable bonds is 3. The molecule has 17 heavy (non-hydrogen) atoms. The van der Waals surface area contributed by atoms with Crippen molar-refractivity contribution in [1.29, 1.82) is 0 Å². The first-order valence-electron chi connectivity index (χ1n) is 5.55.